The number of rotatable bonds is 3. The van der Waals surface area contributed by atoms with Gasteiger partial charge in [-0.05, 0) is 19.3 Å². The minimum absolute atomic E-state index is 0.244. The third kappa shape index (κ3) is 4.41. The lowest BCUT2D eigenvalue weighted by Gasteiger charge is -2.30. The Morgan fingerprint density at radius 2 is 1.78 bits per heavy atom. The Balaban J connectivity index is 2.02. The third-order valence-corrected chi connectivity index (χ3v) is 5.15. The van der Waals surface area contributed by atoms with Gasteiger partial charge in [0.05, 0.1) is 6.33 Å². The SMILES string of the molecule is CC(C)(C)C(=O)N[C@H](n1cnc2c(N3CCCCC3)ncnc21)C(Cl)(Cl)Cl. The van der Waals surface area contributed by atoms with E-state index in [1.165, 1.54) is 19.1 Å². The highest BCUT2D eigenvalue weighted by atomic mass is 35.6. The highest BCUT2D eigenvalue weighted by Crippen LogP contribution is 2.39. The summed E-state index contributed by atoms with van der Waals surface area (Å²) in [5.41, 5.74) is 0.498. The average molecular weight is 434 g/mol. The van der Waals surface area contributed by atoms with Crippen molar-refractivity contribution >= 4 is 57.7 Å². The van der Waals surface area contributed by atoms with E-state index < -0.39 is 15.4 Å². The summed E-state index contributed by atoms with van der Waals surface area (Å²) in [7, 11) is 0. The molecule has 3 heterocycles. The summed E-state index contributed by atoms with van der Waals surface area (Å²) in [5, 5.41) is 2.80. The fraction of sp³-hybridized carbons (Fsp3) is 0.647. The fourth-order valence-corrected chi connectivity index (χ4v) is 3.49. The van der Waals surface area contributed by atoms with Crippen LogP contribution in [-0.2, 0) is 4.79 Å². The van der Waals surface area contributed by atoms with Gasteiger partial charge in [0.1, 0.15) is 6.33 Å². The smallest absolute Gasteiger partial charge is 0.229 e. The minimum Gasteiger partial charge on any atom is -0.355 e. The summed E-state index contributed by atoms with van der Waals surface area (Å²) >= 11 is 18.6. The lowest BCUT2D eigenvalue weighted by molar-refractivity contribution is -0.129. The summed E-state index contributed by atoms with van der Waals surface area (Å²) < 4.78 is -0.203. The van der Waals surface area contributed by atoms with E-state index >= 15 is 0 Å². The molecular formula is C17H23Cl3N6O. The summed E-state index contributed by atoms with van der Waals surface area (Å²) in [6.45, 7) is 7.22. The highest BCUT2D eigenvalue weighted by molar-refractivity contribution is 6.68. The second kappa shape index (κ2) is 7.60. The number of nitrogens with one attached hydrogen (secondary N) is 1. The number of halogens is 3. The van der Waals surface area contributed by atoms with Crippen LogP contribution >= 0.6 is 34.8 Å². The van der Waals surface area contributed by atoms with Crippen molar-refractivity contribution in [1.82, 2.24) is 24.8 Å². The molecule has 27 heavy (non-hydrogen) atoms. The number of piperidine rings is 1. The molecule has 1 saturated heterocycles. The van der Waals surface area contributed by atoms with Gasteiger partial charge in [-0.2, -0.15) is 0 Å². The van der Waals surface area contributed by atoms with Crippen LogP contribution in [0.25, 0.3) is 11.2 Å². The first kappa shape index (κ1) is 20.4. The molecule has 1 aliphatic rings. The van der Waals surface area contributed by atoms with E-state index in [1.54, 1.807) is 25.3 Å². The van der Waals surface area contributed by atoms with E-state index in [4.69, 9.17) is 34.8 Å². The molecule has 7 nitrogen and oxygen atoms in total. The Kier molecular flexibility index (Phi) is 5.75. The maximum Gasteiger partial charge on any atom is 0.229 e. The molecule has 148 valence electrons. The largest absolute Gasteiger partial charge is 0.355 e. The molecule has 0 spiro atoms. The first-order chi connectivity index (χ1) is 12.6. The van der Waals surface area contributed by atoms with Gasteiger partial charge < -0.3 is 10.2 Å². The van der Waals surface area contributed by atoms with E-state index in [2.05, 4.69) is 25.2 Å². The van der Waals surface area contributed by atoms with Gasteiger partial charge in [0.25, 0.3) is 0 Å². The number of carbonyl (C=O) groups excluding carboxylic acids is 1. The minimum atomic E-state index is -1.79. The third-order valence-electron chi connectivity index (χ3n) is 4.53. The van der Waals surface area contributed by atoms with Gasteiger partial charge in [0, 0.05) is 18.5 Å². The number of alkyl halides is 3. The number of imidazole rings is 1. The van der Waals surface area contributed by atoms with Gasteiger partial charge in [0.2, 0.25) is 9.70 Å². The lowest BCUT2D eigenvalue weighted by Crippen LogP contribution is -2.44. The van der Waals surface area contributed by atoms with E-state index in [0.717, 1.165) is 31.7 Å². The number of hydrogen-bond donors (Lipinski definition) is 1. The van der Waals surface area contributed by atoms with Crippen molar-refractivity contribution in [2.75, 3.05) is 18.0 Å². The zero-order valence-corrected chi connectivity index (χ0v) is 17.8. The molecule has 3 rings (SSSR count). The number of anilines is 1. The Bertz CT molecular complexity index is 820. The van der Waals surface area contributed by atoms with Crippen molar-refractivity contribution in [3.05, 3.63) is 12.7 Å². The van der Waals surface area contributed by atoms with Crippen molar-refractivity contribution < 1.29 is 4.79 Å². The van der Waals surface area contributed by atoms with Gasteiger partial charge in [-0.3, -0.25) is 9.36 Å². The van der Waals surface area contributed by atoms with Crippen LogP contribution in [0.2, 0.25) is 0 Å². The van der Waals surface area contributed by atoms with Crippen LogP contribution in [-0.4, -0.2) is 42.3 Å². The number of carbonyl (C=O) groups is 1. The number of hydrogen-bond acceptors (Lipinski definition) is 5. The molecule has 0 unspecified atom stereocenters. The average Bonchev–Trinajstić information content (AvgIpc) is 3.02. The maximum atomic E-state index is 12.5. The Labute approximate surface area is 173 Å². The van der Waals surface area contributed by atoms with Gasteiger partial charge >= 0.3 is 0 Å². The van der Waals surface area contributed by atoms with Gasteiger partial charge in [0.15, 0.2) is 23.1 Å². The Hall–Kier alpha value is -1.31. The molecule has 1 fully saturated rings. The quantitative estimate of drug-likeness (QED) is 0.744. The molecule has 2 aromatic rings. The van der Waals surface area contributed by atoms with E-state index in [9.17, 15) is 4.79 Å². The second-order valence-electron chi connectivity index (χ2n) is 7.74. The summed E-state index contributed by atoms with van der Waals surface area (Å²) in [4.78, 5) is 27.9. The molecule has 1 aliphatic heterocycles. The molecule has 0 radical (unpaired) electrons. The van der Waals surface area contributed by atoms with E-state index in [-0.39, 0.29) is 5.91 Å². The zero-order valence-electron chi connectivity index (χ0n) is 15.5. The standard InChI is InChI=1S/C17H23Cl3N6O/c1-16(2,3)15(27)24-14(17(18,19)20)26-10-23-11-12(21-9-22-13(11)26)25-7-5-4-6-8-25/h9-10,14H,4-8H2,1-3H3,(H,24,27)/t14-/m1/s1. The summed E-state index contributed by atoms with van der Waals surface area (Å²) in [6.07, 6.45) is 5.50. The first-order valence-corrected chi connectivity index (χ1v) is 10.0. The molecule has 0 bridgehead atoms. The number of amides is 1. The van der Waals surface area contributed by atoms with Crippen molar-refractivity contribution in [3.63, 3.8) is 0 Å². The molecular weight excluding hydrogens is 411 g/mol. The normalized spacial score (nSPS) is 17.2. The van der Waals surface area contributed by atoms with Crippen LogP contribution in [0.5, 0.6) is 0 Å². The van der Waals surface area contributed by atoms with E-state index in [0.29, 0.717) is 11.2 Å². The van der Waals surface area contributed by atoms with Crippen LogP contribution in [0.3, 0.4) is 0 Å². The molecule has 10 heteroatoms. The monoisotopic (exact) mass is 432 g/mol. The van der Waals surface area contributed by atoms with Gasteiger partial charge in [-0.15, -0.1) is 0 Å². The summed E-state index contributed by atoms with van der Waals surface area (Å²) in [6, 6.07) is 0. The number of aromatic nitrogens is 4. The lowest BCUT2D eigenvalue weighted by atomic mass is 9.95. The second-order valence-corrected chi connectivity index (χ2v) is 10.1. The van der Waals surface area contributed by atoms with Gasteiger partial charge in [-0.25, -0.2) is 15.0 Å². The predicted molar refractivity (Wildman–Crippen MR) is 108 cm³/mol. The topological polar surface area (TPSA) is 75.9 Å². The maximum absolute atomic E-state index is 12.5. The van der Waals surface area contributed by atoms with Crippen LogP contribution in [0.1, 0.15) is 46.2 Å². The van der Waals surface area contributed by atoms with Crippen molar-refractivity contribution in [1.29, 1.82) is 0 Å². The predicted octanol–water partition coefficient (Wildman–Crippen LogP) is 3.85. The Morgan fingerprint density at radius 3 is 2.37 bits per heavy atom. The van der Waals surface area contributed by atoms with Crippen molar-refractivity contribution in [3.8, 4) is 0 Å². The molecule has 1 N–H and O–H groups in total. The van der Waals surface area contributed by atoms with Crippen molar-refractivity contribution in [2.45, 2.75) is 50.0 Å². The van der Waals surface area contributed by atoms with Crippen LogP contribution in [0.15, 0.2) is 12.7 Å². The zero-order chi connectivity index (χ0) is 19.8. The molecule has 1 atom stereocenters. The molecule has 0 aliphatic carbocycles. The molecule has 2 aromatic heterocycles. The van der Waals surface area contributed by atoms with Gasteiger partial charge in [-0.1, -0.05) is 55.6 Å². The summed E-state index contributed by atoms with van der Waals surface area (Å²) in [5.74, 6) is 0.523. The molecule has 0 saturated carbocycles. The van der Waals surface area contributed by atoms with E-state index in [1.807, 2.05) is 0 Å². The van der Waals surface area contributed by atoms with Crippen molar-refractivity contribution in [2.24, 2.45) is 5.41 Å². The number of fused-ring (bicyclic) bond motifs is 1. The fourth-order valence-electron chi connectivity index (χ4n) is 3.02. The van der Waals surface area contributed by atoms with Crippen LogP contribution < -0.4 is 10.2 Å². The van der Waals surface area contributed by atoms with Crippen LogP contribution in [0.4, 0.5) is 5.82 Å². The first-order valence-electron chi connectivity index (χ1n) is 8.89. The Morgan fingerprint density at radius 1 is 1.11 bits per heavy atom. The van der Waals surface area contributed by atoms with Crippen LogP contribution in [0, 0.1) is 5.41 Å². The number of nitrogens with zero attached hydrogens (tertiary/aromatic N) is 5. The molecule has 0 aromatic carbocycles. The highest BCUT2D eigenvalue weighted by Gasteiger charge is 2.39. The molecule has 1 amide bonds.